The summed E-state index contributed by atoms with van der Waals surface area (Å²) >= 11 is 0. The summed E-state index contributed by atoms with van der Waals surface area (Å²) in [5.41, 5.74) is 4.20. The van der Waals surface area contributed by atoms with Gasteiger partial charge in [0, 0.05) is 31.8 Å². The van der Waals surface area contributed by atoms with Gasteiger partial charge in [-0.2, -0.15) is 5.10 Å². The molecule has 1 saturated heterocycles. The van der Waals surface area contributed by atoms with Crippen LogP contribution in [0.15, 0.2) is 36.5 Å². The molecule has 0 bridgehead atoms. The van der Waals surface area contributed by atoms with Crippen LogP contribution in [-0.4, -0.2) is 55.8 Å². The van der Waals surface area contributed by atoms with Crippen molar-refractivity contribution in [2.75, 3.05) is 13.6 Å². The fraction of sp³-hybridized carbons (Fsp3) is 0.200. The van der Waals surface area contributed by atoms with Gasteiger partial charge in [-0.1, -0.05) is 17.9 Å². The number of likely N-dealkylation sites (N-methyl/N-ethyl adjacent to an activating group) is 1. The Kier molecular flexibility index (Phi) is 4.28. The Morgan fingerprint density at radius 2 is 2.17 bits per heavy atom. The van der Waals surface area contributed by atoms with E-state index in [1.807, 2.05) is 0 Å². The molecule has 1 aliphatic heterocycles. The Morgan fingerprint density at radius 1 is 1.38 bits per heavy atom. The van der Waals surface area contributed by atoms with E-state index in [0.29, 0.717) is 17.6 Å². The van der Waals surface area contributed by atoms with Crippen LogP contribution < -0.4 is 5.73 Å². The first kappa shape index (κ1) is 18.6. The summed E-state index contributed by atoms with van der Waals surface area (Å²) in [7, 11) is 1.60. The summed E-state index contributed by atoms with van der Waals surface area (Å²) in [5.74, 6) is 3.76. The molecule has 0 saturated carbocycles. The monoisotopic (exact) mass is 393 g/mol. The number of carbonyl (C=O) groups is 2. The number of rotatable bonds is 2. The van der Waals surface area contributed by atoms with Gasteiger partial charge in [0.15, 0.2) is 11.5 Å². The fourth-order valence-corrected chi connectivity index (χ4v) is 3.23. The Bertz CT molecular complexity index is 1230. The number of aliphatic hydroxyl groups is 1. The third-order valence-electron chi connectivity index (χ3n) is 4.78. The van der Waals surface area contributed by atoms with Crippen molar-refractivity contribution in [2.45, 2.75) is 12.0 Å². The number of primary amides is 1. The lowest BCUT2D eigenvalue weighted by Gasteiger charge is -2.13. The van der Waals surface area contributed by atoms with E-state index >= 15 is 0 Å². The molecule has 2 aromatic heterocycles. The lowest BCUT2D eigenvalue weighted by atomic mass is 10.0. The molecule has 1 fully saturated rings. The summed E-state index contributed by atoms with van der Waals surface area (Å²) in [5, 5.41) is 14.5. The molecule has 3 N–H and O–H groups in total. The highest BCUT2D eigenvalue weighted by atomic mass is 19.1. The van der Waals surface area contributed by atoms with E-state index in [2.05, 4.69) is 21.9 Å². The molecular weight excluding hydrogens is 377 g/mol. The fourth-order valence-electron chi connectivity index (χ4n) is 3.23. The SMILES string of the molecule is CN1CCC(O)(C#Cc2ccnc(-n3nc(C(N)=O)c4c(F)cccc43)c2)C1=O. The number of aromatic nitrogens is 3. The van der Waals surface area contributed by atoms with Gasteiger partial charge in [0.05, 0.1) is 10.9 Å². The number of pyridine rings is 1. The van der Waals surface area contributed by atoms with E-state index in [1.165, 1.54) is 27.9 Å². The van der Waals surface area contributed by atoms with E-state index < -0.39 is 23.2 Å². The molecule has 4 rings (SSSR count). The summed E-state index contributed by atoms with van der Waals surface area (Å²) in [6.45, 7) is 0.423. The zero-order valence-corrected chi connectivity index (χ0v) is 15.4. The van der Waals surface area contributed by atoms with Crippen LogP contribution in [0.1, 0.15) is 22.5 Å². The van der Waals surface area contributed by atoms with Gasteiger partial charge < -0.3 is 15.7 Å². The maximum absolute atomic E-state index is 14.3. The van der Waals surface area contributed by atoms with Crippen molar-refractivity contribution >= 4 is 22.7 Å². The summed E-state index contributed by atoms with van der Waals surface area (Å²) in [6.07, 6.45) is 1.68. The van der Waals surface area contributed by atoms with Crippen molar-refractivity contribution in [3.8, 4) is 17.7 Å². The molecular formula is C20H16FN5O3. The number of amides is 2. The maximum Gasteiger partial charge on any atom is 0.269 e. The third kappa shape index (κ3) is 3.09. The molecule has 8 nitrogen and oxygen atoms in total. The van der Waals surface area contributed by atoms with Gasteiger partial charge in [-0.25, -0.2) is 14.1 Å². The van der Waals surface area contributed by atoms with E-state index in [9.17, 15) is 19.1 Å². The highest BCUT2D eigenvalue weighted by Crippen LogP contribution is 2.24. The molecule has 0 aliphatic carbocycles. The normalized spacial score (nSPS) is 18.7. The molecule has 1 unspecified atom stereocenters. The molecule has 2 amide bonds. The highest BCUT2D eigenvalue weighted by molar-refractivity contribution is 6.04. The predicted molar refractivity (Wildman–Crippen MR) is 101 cm³/mol. The molecule has 1 atom stereocenters. The van der Waals surface area contributed by atoms with Crippen molar-refractivity contribution in [1.82, 2.24) is 19.7 Å². The summed E-state index contributed by atoms with van der Waals surface area (Å²) in [6, 6.07) is 7.45. The lowest BCUT2D eigenvalue weighted by Crippen LogP contribution is -2.37. The van der Waals surface area contributed by atoms with E-state index in [4.69, 9.17) is 5.73 Å². The van der Waals surface area contributed by atoms with Crippen LogP contribution in [0, 0.1) is 17.7 Å². The molecule has 1 aromatic carbocycles. The standard InChI is InChI=1S/C20H16FN5O3/c1-25-10-8-20(29,19(25)28)7-5-12-6-9-23-15(11-12)26-14-4-2-3-13(21)16(14)17(24-26)18(22)27/h2-4,6,9,11,29H,8,10H2,1H3,(H2,22,27). The van der Waals surface area contributed by atoms with Gasteiger partial charge in [0.1, 0.15) is 5.82 Å². The van der Waals surface area contributed by atoms with Crippen molar-refractivity contribution in [3.63, 3.8) is 0 Å². The zero-order chi connectivity index (χ0) is 20.8. The number of likely N-dealkylation sites (tertiary alicyclic amines) is 1. The number of fused-ring (bicyclic) bond motifs is 1. The van der Waals surface area contributed by atoms with Crippen molar-refractivity contribution in [3.05, 3.63) is 53.6 Å². The molecule has 9 heteroatoms. The number of carbonyl (C=O) groups excluding carboxylic acids is 2. The average Bonchev–Trinajstić information content (AvgIpc) is 3.22. The second kappa shape index (κ2) is 6.68. The van der Waals surface area contributed by atoms with Crippen LogP contribution in [0.3, 0.4) is 0 Å². The van der Waals surface area contributed by atoms with Crippen LogP contribution in [0.4, 0.5) is 4.39 Å². The highest BCUT2D eigenvalue weighted by Gasteiger charge is 2.42. The number of nitrogens with zero attached hydrogens (tertiary/aromatic N) is 4. The minimum absolute atomic E-state index is 0.00666. The molecule has 0 spiro atoms. The van der Waals surface area contributed by atoms with Crippen LogP contribution in [-0.2, 0) is 4.79 Å². The molecule has 29 heavy (non-hydrogen) atoms. The zero-order valence-electron chi connectivity index (χ0n) is 15.4. The van der Waals surface area contributed by atoms with E-state index in [0.717, 1.165) is 0 Å². The van der Waals surface area contributed by atoms with Crippen molar-refractivity contribution in [2.24, 2.45) is 5.73 Å². The van der Waals surface area contributed by atoms with Crippen LogP contribution in [0.5, 0.6) is 0 Å². The lowest BCUT2D eigenvalue weighted by molar-refractivity contribution is -0.137. The second-order valence-corrected chi connectivity index (χ2v) is 6.75. The minimum atomic E-state index is -1.72. The first-order chi connectivity index (χ1) is 13.8. The number of nitrogens with two attached hydrogens (primary N) is 1. The Labute approximate surface area is 164 Å². The van der Waals surface area contributed by atoms with E-state index in [-0.39, 0.29) is 23.3 Å². The molecule has 3 heterocycles. The van der Waals surface area contributed by atoms with E-state index in [1.54, 1.807) is 25.2 Å². The Balaban J connectivity index is 1.78. The number of hydrogen-bond donors (Lipinski definition) is 2. The van der Waals surface area contributed by atoms with Gasteiger partial charge in [0.25, 0.3) is 11.8 Å². The second-order valence-electron chi connectivity index (χ2n) is 6.75. The van der Waals surface area contributed by atoms with Crippen LogP contribution >= 0.6 is 0 Å². The largest absolute Gasteiger partial charge is 0.369 e. The summed E-state index contributed by atoms with van der Waals surface area (Å²) < 4.78 is 15.6. The Morgan fingerprint density at radius 3 is 2.86 bits per heavy atom. The summed E-state index contributed by atoms with van der Waals surface area (Å²) in [4.78, 5) is 29.4. The third-order valence-corrected chi connectivity index (χ3v) is 4.78. The predicted octanol–water partition coefficient (Wildman–Crippen LogP) is 0.603. The van der Waals surface area contributed by atoms with Crippen LogP contribution in [0.2, 0.25) is 0 Å². The quantitative estimate of drug-likeness (QED) is 0.619. The van der Waals surface area contributed by atoms with Crippen molar-refractivity contribution in [1.29, 1.82) is 0 Å². The number of benzene rings is 1. The van der Waals surface area contributed by atoms with Gasteiger partial charge >= 0.3 is 0 Å². The molecule has 3 aromatic rings. The van der Waals surface area contributed by atoms with Gasteiger partial charge in [0.2, 0.25) is 5.60 Å². The molecule has 146 valence electrons. The van der Waals surface area contributed by atoms with Crippen LogP contribution in [0.25, 0.3) is 16.7 Å². The first-order valence-electron chi connectivity index (χ1n) is 8.75. The minimum Gasteiger partial charge on any atom is -0.369 e. The molecule has 1 aliphatic rings. The van der Waals surface area contributed by atoms with Gasteiger partial charge in [-0.15, -0.1) is 0 Å². The molecule has 0 radical (unpaired) electrons. The van der Waals surface area contributed by atoms with Gasteiger partial charge in [-0.3, -0.25) is 9.59 Å². The van der Waals surface area contributed by atoms with Crippen molar-refractivity contribution < 1.29 is 19.1 Å². The topological polar surface area (TPSA) is 114 Å². The smallest absolute Gasteiger partial charge is 0.269 e. The Hall–Kier alpha value is -3.77. The maximum atomic E-state index is 14.3. The number of hydrogen-bond acceptors (Lipinski definition) is 5. The number of halogens is 1. The first-order valence-corrected chi connectivity index (χ1v) is 8.75. The van der Waals surface area contributed by atoms with Gasteiger partial charge in [-0.05, 0) is 24.3 Å². The average molecular weight is 393 g/mol.